The summed E-state index contributed by atoms with van der Waals surface area (Å²) in [6.45, 7) is 3.30. The van der Waals surface area contributed by atoms with Crippen molar-refractivity contribution >= 4 is 11.6 Å². The molecule has 152 valence electrons. The van der Waals surface area contributed by atoms with Gasteiger partial charge in [-0.2, -0.15) is 5.10 Å². The van der Waals surface area contributed by atoms with Crippen molar-refractivity contribution in [1.82, 2.24) is 14.9 Å². The van der Waals surface area contributed by atoms with Crippen LogP contribution >= 0.6 is 0 Å². The Morgan fingerprint density at radius 2 is 1.93 bits per heavy atom. The van der Waals surface area contributed by atoms with Crippen molar-refractivity contribution in [3.05, 3.63) is 84.4 Å². The van der Waals surface area contributed by atoms with E-state index in [-0.39, 0.29) is 11.7 Å². The average molecular weight is 402 g/mol. The van der Waals surface area contributed by atoms with Crippen LogP contribution in [0.2, 0.25) is 0 Å². The van der Waals surface area contributed by atoms with Crippen LogP contribution in [0, 0.1) is 0 Å². The largest absolute Gasteiger partial charge is 0.488 e. The van der Waals surface area contributed by atoms with Crippen molar-refractivity contribution in [2.45, 2.75) is 26.5 Å². The number of carbonyl (C=O) groups is 1. The zero-order chi connectivity index (χ0) is 20.8. The lowest BCUT2D eigenvalue weighted by atomic mass is 10.1. The quantitative estimate of drug-likeness (QED) is 0.459. The lowest BCUT2D eigenvalue weighted by Gasteiger charge is -2.09. The first-order valence-corrected chi connectivity index (χ1v) is 9.79. The fourth-order valence-corrected chi connectivity index (χ4v) is 3.02. The van der Waals surface area contributed by atoms with E-state index in [0.29, 0.717) is 23.7 Å². The van der Waals surface area contributed by atoms with Gasteiger partial charge in [-0.1, -0.05) is 54.5 Å². The molecule has 30 heavy (non-hydrogen) atoms. The number of aryl methyl sites for hydroxylation is 1. The van der Waals surface area contributed by atoms with Crippen molar-refractivity contribution < 1.29 is 14.1 Å². The highest BCUT2D eigenvalue weighted by atomic mass is 16.5. The maximum atomic E-state index is 12.5. The number of ether oxygens (including phenoxy) is 1. The fourth-order valence-electron chi connectivity index (χ4n) is 3.02. The first-order valence-electron chi connectivity index (χ1n) is 9.79. The van der Waals surface area contributed by atoms with Gasteiger partial charge in [-0.05, 0) is 24.1 Å². The second-order valence-corrected chi connectivity index (χ2v) is 6.79. The van der Waals surface area contributed by atoms with E-state index in [1.807, 2.05) is 54.6 Å². The number of benzene rings is 2. The predicted molar refractivity (Wildman–Crippen MR) is 113 cm³/mol. The number of rotatable bonds is 8. The van der Waals surface area contributed by atoms with Crippen LogP contribution in [-0.2, 0) is 13.2 Å². The number of hydrogen-bond donors (Lipinski definition) is 1. The van der Waals surface area contributed by atoms with Crippen LogP contribution in [-0.4, -0.2) is 20.8 Å². The molecule has 0 radical (unpaired) electrons. The SMILES string of the molecule is CCCn1cc(NC(=O)c2cc(-c3ccccc3OCc3ccccc3)no2)cn1. The Balaban J connectivity index is 1.47. The van der Waals surface area contributed by atoms with Gasteiger partial charge in [0.1, 0.15) is 18.1 Å². The van der Waals surface area contributed by atoms with Crippen LogP contribution in [0.25, 0.3) is 11.3 Å². The Morgan fingerprint density at radius 1 is 1.13 bits per heavy atom. The highest BCUT2D eigenvalue weighted by molar-refractivity contribution is 6.02. The normalized spacial score (nSPS) is 10.7. The van der Waals surface area contributed by atoms with Crippen LogP contribution in [0.15, 0.2) is 77.6 Å². The van der Waals surface area contributed by atoms with Crippen molar-refractivity contribution in [3.8, 4) is 17.0 Å². The molecule has 0 bridgehead atoms. The molecule has 0 aliphatic rings. The van der Waals surface area contributed by atoms with Crippen LogP contribution in [0.3, 0.4) is 0 Å². The molecule has 0 saturated heterocycles. The number of anilines is 1. The average Bonchev–Trinajstić information content (AvgIpc) is 3.43. The number of nitrogens with zero attached hydrogens (tertiary/aromatic N) is 3. The molecule has 0 unspecified atom stereocenters. The van der Waals surface area contributed by atoms with Crippen LogP contribution in [0.5, 0.6) is 5.75 Å². The van der Waals surface area contributed by atoms with Gasteiger partial charge in [-0.3, -0.25) is 9.48 Å². The zero-order valence-electron chi connectivity index (χ0n) is 16.6. The molecule has 1 N–H and O–H groups in total. The van der Waals surface area contributed by atoms with Crippen molar-refractivity contribution in [3.63, 3.8) is 0 Å². The topological polar surface area (TPSA) is 82.2 Å². The summed E-state index contributed by atoms with van der Waals surface area (Å²) in [6.07, 6.45) is 4.36. The van der Waals surface area contributed by atoms with E-state index in [0.717, 1.165) is 24.1 Å². The van der Waals surface area contributed by atoms with E-state index in [2.05, 4.69) is 22.5 Å². The monoisotopic (exact) mass is 402 g/mol. The Bertz CT molecular complexity index is 1120. The molecule has 7 nitrogen and oxygen atoms in total. The third kappa shape index (κ3) is 4.57. The molecule has 0 aliphatic carbocycles. The Hall–Kier alpha value is -3.87. The van der Waals surface area contributed by atoms with Crippen LogP contribution in [0.4, 0.5) is 5.69 Å². The molecule has 4 aromatic rings. The molecule has 2 aromatic carbocycles. The number of nitrogens with one attached hydrogen (secondary N) is 1. The molecule has 0 atom stereocenters. The van der Waals surface area contributed by atoms with Gasteiger partial charge >= 0.3 is 0 Å². The van der Waals surface area contributed by atoms with Crippen LogP contribution in [0.1, 0.15) is 29.5 Å². The van der Waals surface area contributed by atoms with Crippen molar-refractivity contribution in [2.75, 3.05) is 5.32 Å². The lowest BCUT2D eigenvalue weighted by molar-refractivity contribution is 0.0988. The summed E-state index contributed by atoms with van der Waals surface area (Å²) in [5, 5.41) is 11.0. The minimum absolute atomic E-state index is 0.117. The number of amides is 1. The maximum absolute atomic E-state index is 12.5. The third-order valence-electron chi connectivity index (χ3n) is 4.48. The molecule has 0 spiro atoms. The van der Waals surface area contributed by atoms with E-state index in [9.17, 15) is 4.79 Å². The van der Waals surface area contributed by atoms with Crippen molar-refractivity contribution in [1.29, 1.82) is 0 Å². The molecular formula is C23H22N4O3. The van der Waals surface area contributed by atoms with Gasteiger partial charge < -0.3 is 14.6 Å². The van der Waals surface area contributed by atoms with E-state index in [1.54, 1.807) is 23.1 Å². The molecule has 2 aromatic heterocycles. The Morgan fingerprint density at radius 3 is 2.77 bits per heavy atom. The second kappa shape index (κ2) is 9.09. The summed E-state index contributed by atoms with van der Waals surface area (Å²) in [6, 6.07) is 19.1. The third-order valence-corrected chi connectivity index (χ3v) is 4.48. The Kier molecular flexibility index (Phi) is 5.89. The van der Waals surface area contributed by atoms with E-state index >= 15 is 0 Å². The molecule has 1 amide bonds. The second-order valence-electron chi connectivity index (χ2n) is 6.79. The number of carbonyl (C=O) groups excluding carboxylic acids is 1. The highest BCUT2D eigenvalue weighted by Crippen LogP contribution is 2.30. The molecule has 0 saturated carbocycles. The number of hydrogen-bond acceptors (Lipinski definition) is 5. The minimum atomic E-state index is -0.382. The zero-order valence-corrected chi connectivity index (χ0v) is 16.6. The van der Waals surface area contributed by atoms with Gasteiger partial charge in [-0.25, -0.2) is 0 Å². The minimum Gasteiger partial charge on any atom is -0.488 e. The number of para-hydroxylation sites is 1. The van der Waals surface area contributed by atoms with Gasteiger partial charge in [-0.15, -0.1) is 0 Å². The predicted octanol–water partition coefficient (Wildman–Crippen LogP) is 4.78. The van der Waals surface area contributed by atoms with Gasteiger partial charge in [0.25, 0.3) is 5.91 Å². The van der Waals surface area contributed by atoms with E-state index in [1.165, 1.54) is 0 Å². The van der Waals surface area contributed by atoms with E-state index < -0.39 is 0 Å². The van der Waals surface area contributed by atoms with Gasteiger partial charge in [0, 0.05) is 24.4 Å². The van der Waals surface area contributed by atoms with Gasteiger partial charge in [0.05, 0.1) is 11.9 Å². The first-order chi connectivity index (χ1) is 14.7. The standard InChI is InChI=1S/C23H22N4O3/c1-2-12-27-15-18(14-24-27)25-23(28)22-13-20(26-30-22)19-10-6-7-11-21(19)29-16-17-8-4-3-5-9-17/h3-11,13-15H,2,12,16H2,1H3,(H,25,28). The van der Waals surface area contributed by atoms with Crippen LogP contribution < -0.4 is 10.1 Å². The van der Waals surface area contributed by atoms with Gasteiger partial charge in [0.2, 0.25) is 5.76 Å². The van der Waals surface area contributed by atoms with Gasteiger partial charge in [0.15, 0.2) is 0 Å². The summed E-state index contributed by atoms with van der Waals surface area (Å²) in [5.74, 6) is 0.404. The molecule has 0 aliphatic heterocycles. The summed E-state index contributed by atoms with van der Waals surface area (Å²) in [5.41, 5.74) is 2.96. The van der Waals surface area contributed by atoms with E-state index in [4.69, 9.17) is 9.26 Å². The maximum Gasteiger partial charge on any atom is 0.294 e. The molecule has 4 rings (SSSR count). The Labute approximate surface area is 174 Å². The molecular weight excluding hydrogens is 380 g/mol. The lowest BCUT2D eigenvalue weighted by Crippen LogP contribution is -2.10. The summed E-state index contributed by atoms with van der Waals surface area (Å²) in [4.78, 5) is 12.5. The molecule has 7 heteroatoms. The fraction of sp³-hybridized carbons (Fsp3) is 0.174. The summed E-state index contributed by atoms with van der Waals surface area (Å²) < 4.78 is 13.0. The molecule has 2 heterocycles. The highest BCUT2D eigenvalue weighted by Gasteiger charge is 2.17. The smallest absolute Gasteiger partial charge is 0.294 e. The van der Waals surface area contributed by atoms with Crippen molar-refractivity contribution in [2.24, 2.45) is 0 Å². The first kappa shape index (κ1) is 19.4. The number of aromatic nitrogens is 3. The summed E-state index contributed by atoms with van der Waals surface area (Å²) >= 11 is 0. The summed E-state index contributed by atoms with van der Waals surface area (Å²) in [7, 11) is 0. The molecule has 0 fully saturated rings.